The zero-order chi connectivity index (χ0) is 56.6. The molecule has 0 spiro atoms. The van der Waals surface area contributed by atoms with Crippen LogP contribution in [0.4, 0.5) is 0 Å². The minimum atomic E-state index is -1.58. The van der Waals surface area contributed by atoms with Gasteiger partial charge in [-0.1, -0.05) is 227 Å². The number of nitrogens with one attached hydrogen (secondary N) is 1. The van der Waals surface area contributed by atoms with E-state index in [1.165, 1.54) is 135 Å². The maximum absolute atomic E-state index is 13.0. The quantitative estimate of drug-likeness (QED) is 0.0195. The van der Waals surface area contributed by atoms with Crippen molar-refractivity contribution in [2.75, 3.05) is 19.8 Å². The smallest absolute Gasteiger partial charge is 0.305 e. The van der Waals surface area contributed by atoms with Gasteiger partial charge in [-0.2, -0.15) is 0 Å². The number of aliphatic hydroxyl groups is 5. The third-order valence-corrected chi connectivity index (χ3v) is 14.4. The first kappa shape index (κ1) is 72.9. The van der Waals surface area contributed by atoms with Crippen LogP contribution in [-0.2, 0) is 23.8 Å². The fraction of sp³-hybridized carbons (Fsp3) is 0.761. The van der Waals surface area contributed by atoms with Crippen molar-refractivity contribution >= 4 is 11.9 Å². The molecule has 11 nitrogen and oxygen atoms in total. The topological polar surface area (TPSA) is 175 Å². The van der Waals surface area contributed by atoms with Crippen molar-refractivity contribution in [3.8, 4) is 0 Å². The SMILES string of the molecule is CC/C=C/CC/C=C/CC/C=C/C(O)C(COC1OC(CO)C(O)C(O)C1O)NC(=O)CCCCCCCCCCCCC/C=C\C/C=C\CCCCCCCCCCCOC(=O)CCCCCCC/C=C\C/C=C\CCC. The number of hydrogen-bond donors (Lipinski definition) is 6. The lowest BCUT2D eigenvalue weighted by Crippen LogP contribution is -2.60. The van der Waals surface area contributed by atoms with Crippen molar-refractivity contribution < 1.29 is 49.3 Å². The summed E-state index contributed by atoms with van der Waals surface area (Å²) in [7, 11) is 0. The van der Waals surface area contributed by atoms with Gasteiger partial charge in [0.15, 0.2) is 6.29 Å². The van der Waals surface area contributed by atoms with Crippen molar-refractivity contribution in [2.45, 2.75) is 307 Å². The summed E-state index contributed by atoms with van der Waals surface area (Å²) in [4.78, 5) is 25.0. The Balaban J connectivity index is 2.00. The van der Waals surface area contributed by atoms with E-state index in [2.05, 4.69) is 92.1 Å². The van der Waals surface area contributed by atoms with Crippen LogP contribution in [-0.4, -0.2) is 100 Å². The number of unbranched alkanes of at least 4 members (excludes halogenated alkanes) is 28. The monoisotopic (exact) mass is 1100 g/mol. The average Bonchev–Trinajstić information content (AvgIpc) is 3.44. The van der Waals surface area contributed by atoms with Gasteiger partial charge in [0.1, 0.15) is 24.4 Å². The van der Waals surface area contributed by atoms with Crippen LogP contribution < -0.4 is 5.32 Å². The van der Waals surface area contributed by atoms with E-state index in [9.17, 15) is 35.1 Å². The number of esters is 1. The molecule has 1 heterocycles. The predicted octanol–water partition coefficient (Wildman–Crippen LogP) is 15.3. The molecule has 0 bridgehead atoms. The second-order valence-corrected chi connectivity index (χ2v) is 21.7. The maximum atomic E-state index is 13.0. The molecule has 6 N–H and O–H groups in total. The van der Waals surface area contributed by atoms with Crippen LogP contribution in [0, 0.1) is 0 Å². The summed E-state index contributed by atoms with van der Waals surface area (Å²) in [5.74, 6) is -0.219. The molecular formula is C67H117NO10. The highest BCUT2D eigenvalue weighted by Gasteiger charge is 2.44. The Morgan fingerprint density at radius 3 is 1.40 bits per heavy atom. The number of amides is 1. The summed E-state index contributed by atoms with van der Waals surface area (Å²) in [5.41, 5.74) is 0. The Kier molecular flexibility index (Phi) is 52.1. The highest BCUT2D eigenvalue weighted by atomic mass is 16.7. The molecule has 0 aliphatic carbocycles. The summed E-state index contributed by atoms with van der Waals surface area (Å²) in [6, 6.07) is -0.838. The molecule has 1 amide bonds. The maximum Gasteiger partial charge on any atom is 0.305 e. The first-order chi connectivity index (χ1) is 38.2. The van der Waals surface area contributed by atoms with Crippen LogP contribution in [0.3, 0.4) is 0 Å². The molecule has 78 heavy (non-hydrogen) atoms. The second-order valence-electron chi connectivity index (χ2n) is 21.7. The van der Waals surface area contributed by atoms with Gasteiger partial charge in [0.25, 0.3) is 0 Å². The van der Waals surface area contributed by atoms with E-state index in [0.29, 0.717) is 19.4 Å². The lowest BCUT2D eigenvalue weighted by Gasteiger charge is -2.40. The van der Waals surface area contributed by atoms with Crippen LogP contribution in [0.25, 0.3) is 0 Å². The molecule has 450 valence electrons. The number of aliphatic hydroxyl groups excluding tert-OH is 5. The molecule has 0 aromatic carbocycles. The lowest BCUT2D eigenvalue weighted by molar-refractivity contribution is -0.302. The molecule has 11 heteroatoms. The fourth-order valence-corrected chi connectivity index (χ4v) is 9.42. The lowest BCUT2D eigenvalue weighted by atomic mass is 9.99. The van der Waals surface area contributed by atoms with Gasteiger partial charge in [-0.25, -0.2) is 0 Å². The van der Waals surface area contributed by atoms with Gasteiger partial charge >= 0.3 is 5.97 Å². The van der Waals surface area contributed by atoms with Gasteiger partial charge in [0, 0.05) is 12.8 Å². The van der Waals surface area contributed by atoms with Crippen molar-refractivity contribution in [3.05, 3.63) is 85.1 Å². The Labute approximate surface area is 476 Å². The Hall–Kier alpha value is -3.16. The Morgan fingerprint density at radius 1 is 0.487 bits per heavy atom. The number of carbonyl (C=O) groups is 2. The van der Waals surface area contributed by atoms with Crippen LogP contribution in [0.1, 0.15) is 264 Å². The average molecular weight is 1100 g/mol. The summed E-state index contributed by atoms with van der Waals surface area (Å²) in [6.07, 6.45) is 65.7. The minimum Gasteiger partial charge on any atom is -0.466 e. The van der Waals surface area contributed by atoms with Crippen molar-refractivity contribution in [1.29, 1.82) is 0 Å². The minimum absolute atomic E-state index is 0.0161. The normalized spacial score (nSPS) is 19.1. The highest BCUT2D eigenvalue weighted by molar-refractivity contribution is 5.76. The number of allylic oxidation sites excluding steroid dienone is 13. The third-order valence-electron chi connectivity index (χ3n) is 14.4. The van der Waals surface area contributed by atoms with E-state index in [-0.39, 0.29) is 18.5 Å². The number of ether oxygens (including phenoxy) is 3. The zero-order valence-corrected chi connectivity index (χ0v) is 49.6. The molecular weight excluding hydrogens is 979 g/mol. The summed E-state index contributed by atoms with van der Waals surface area (Å²) >= 11 is 0. The van der Waals surface area contributed by atoms with Gasteiger partial charge in [0.2, 0.25) is 5.91 Å². The molecule has 1 aliphatic rings. The van der Waals surface area contributed by atoms with Crippen LogP contribution in [0.2, 0.25) is 0 Å². The molecule has 1 aliphatic heterocycles. The van der Waals surface area contributed by atoms with Gasteiger partial charge in [-0.15, -0.1) is 0 Å². The van der Waals surface area contributed by atoms with E-state index in [0.717, 1.165) is 103 Å². The molecule has 1 fully saturated rings. The van der Waals surface area contributed by atoms with Crippen molar-refractivity contribution in [2.24, 2.45) is 0 Å². The largest absolute Gasteiger partial charge is 0.466 e. The summed E-state index contributed by atoms with van der Waals surface area (Å²) < 4.78 is 16.7. The first-order valence-corrected chi connectivity index (χ1v) is 31.9. The summed E-state index contributed by atoms with van der Waals surface area (Å²) in [6.45, 7) is 4.12. The predicted molar refractivity (Wildman–Crippen MR) is 324 cm³/mol. The van der Waals surface area contributed by atoms with Gasteiger partial charge in [-0.05, 0) is 109 Å². The van der Waals surface area contributed by atoms with E-state index in [1.807, 2.05) is 6.08 Å². The van der Waals surface area contributed by atoms with Crippen molar-refractivity contribution in [3.63, 3.8) is 0 Å². The van der Waals surface area contributed by atoms with Crippen LogP contribution >= 0.6 is 0 Å². The van der Waals surface area contributed by atoms with Crippen LogP contribution in [0.5, 0.6) is 0 Å². The second kappa shape index (κ2) is 55.7. The number of rotatable bonds is 54. The van der Waals surface area contributed by atoms with Crippen LogP contribution in [0.15, 0.2) is 85.1 Å². The molecule has 0 saturated carbocycles. The molecule has 0 aromatic heterocycles. The van der Waals surface area contributed by atoms with Crippen molar-refractivity contribution in [1.82, 2.24) is 5.32 Å². The number of hydrogen-bond acceptors (Lipinski definition) is 10. The molecule has 1 rings (SSSR count). The molecule has 0 aromatic rings. The third kappa shape index (κ3) is 44.6. The summed E-state index contributed by atoms with van der Waals surface area (Å²) in [5, 5.41) is 54.2. The Bertz CT molecular complexity index is 1570. The van der Waals surface area contributed by atoms with E-state index in [1.54, 1.807) is 6.08 Å². The van der Waals surface area contributed by atoms with Gasteiger partial charge in [-0.3, -0.25) is 9.59 Å². The highest BCUT2D eigenvalue weighted by Crippen LogP contribution is 2.23. The fourth-order valence-electron chi connectivity index (χ4n) is 9.42. The van der Waals surface area contributed by atoms with Gasteiger partial charge in [0.05, 0.1) is 32.0 Å². The zero-order valence-electron chi connectivity index (χ0n) is 49.6. The molecule has 1 saturated heterocycles. The van der Waals surface area contributed by atoms with E-state index < -0.39 is 49.5 Å². The molecule has 7 unspecified atom stereocenters. The molecule has 7 atom stereocenters. The standard InChI is InChI=1S/C67H117NO10/c1-3-5-7-9-11-13-15-31-35-39-43-47-51-55-63(72)76-56-52-48-44-40-36-33-30-28-26-24-22-20-18-16-17-19-21-23-25-27-29-32-34-38-42-46-50-54-62(71)68-59(58-77-67-66(75)65(74)64(73)61(57-69)78-67)60(70)53-49-45-41-37-14-12-10-8-6-4-2/h6-9,13-17,20,22,37,49,53,59-61,64-67,69-70,73-75H,3-5,10-12,18-19,21,23-36,38-48,50-52,54-58H2,1-2H3,(H,68,71)/b8-6+,9-7-,15-13-,17-16-,22-20-,37-14+,53-49+. The van der Waals surface area contributed by atoms with Gasteiger partial charge < -0.3 is 45.1 Å². The van der Waals surface area contributed by atoms with E-state index in [4.69, 9.17) is 14.2 Å². The Morgan fingerprint density at radius 2 is 0.910 bits per heavy atom. The molecule has 0 radical (unpaired) electrons. The first-order valence-electron chi connectivity index (χ1n) is 31.9. The van der Waals surface area contributed by atoms with E-state index >= 15 is 0 Å². The number of carbonyl (C=O) groups excluding carboxylic acids is 2.